The van der Waals surface area contributed by atoms with Gasteiger partial charge in [0.2, 0.25) is 0 Å². The van der Waals surface area contributed by atoms with E-state index in [9.17, 15) is 24.9 Å². The number of ketones is 2. The molecule has 31 heavy (non-hydrogen) atoms. The zero-order chi connectivity index (χ0) is 23.4. The number of aliphatic carboxylic acids is 1. The second-order valence-corrected chi connectivity index (χ2v) is 9.90. The normalized spacial score (nSPS) is 42.9. The zero-order valence-corrected chi connectivity index (χ0v) is 18.6. The standard InChI is InChI=1S/C21H25ClO5.C2H4O2/c1-19-5-3-11(24)7-14(19)15(22)8-12-13-4-6-21(27,17(26)10-23)20(13,2)9-16(25)18(12)19;1-2(3)4/h3,5,7-8,12-13,16,18,23,25,27H,4,6,9-10H2,1-2H3;1H3,(H,3,4)/t12-,13-,16-,18+,19-,20-,21-;/m0./s1. The maximum atomic E-state index is 12.4. The second kappa shape index (κ2) is 7.96. The van der Waals surface area contributed by atoms with E-state index in [0.29, 0.717) is 11.5 Å². The number of carbonyl (C=O) groups excluding carboxylic acids is 2. The number of rotatable bonds is 2. The van der Waals surface area contributed by atoms with Crippen LogP contribution in [0, 0.1) is 28.6 Å². The molecular weight excluding hydrogens is 424 g/mol. The Morgan fingerprint density at radius 2 is 1.90 bits per heavy atom. The lowest BCUT2D eigenvalue weighted by Crippen LogP contribution is -2.61. The SMILES string of the molecule is CC(=O)O.C[C@]12C=CC(=O)C=C1C(Cl)=C[C@@H]1[C@@H]2[C@@H](O)C[C@@]2(C)[C@H]1CC[C@]2(O)C(=O)CO. The molecule has 0 aromatic rings. The molecule has 0 aromatic carbocycles. The topological polar surface area (TPSA) is 132 Å². The highest BCUT2D eigenvalue weighted by atomic mass is 35.5. The van der Waals surface area contributed by atoms with E-state index in [1.165, 1.54) is 12.2 Å². The van der Waals surface area contributed by atoms with E-state index in [4.69, 9.17) is 21.5 Å². The van der Waals surface area contributed by atoms with Gasteiger partial charge in [0.25, 0.3) is 5.97 Å². The Morgan fingerprint density at radius 3 is 2.48 bits per heavy atom. The van der Waals surface area contributed by atoms with E-state index in [1.54, 1.807) is 0 Å². The Labute approximate surface area is 186 Å². The first-order valence-electron chi connectivity index (χ1n) is 10.4. The van der Waals surface area contributed by atoms with Crippen LogP contribution in [0.3, 0.4) is 0 Å². The van der Waals surface area contributed by atoms with Crippen molar-refractivity contribution in [3.05, 3.63) is 34.9 Å². The molecule has 0 amide bonds. The molecule has 4 rings (SSSR count). The van der Waals surface area contributed by atoms with Crippen molar-refractivity contribution in [1.82, 2.24) is 0 Å². The van der Waals surface area contributed by atoms with Gasteiger partial charge in [-0.2, -0.15) is 0 Å². The number of carboxylic acids is 1. The van der Waals surface area contributed by atoms with Gasteiger partial charge in [0.05, 0.1) is 6.10 Å². The predicted molar refractivity (Wildman–Crippen MR) is 113 cm³/mol. The number of hydrogen-bond acceptors (Lipinski definition) is 6. The van der Waals surface area contributed by atoms with E-state index in [2.05, 4.69) is 0 Å². The second-order valence-electron chi connectivity index (χ2n) is 9.49. The number of halogens is 1. The molecule has 2 fully saturated rings. The summed E-state index contributed by atoms with van der Waals surface area (Å²) in [6, 6.07) is 0. The number of Topliss-reactive ketones (excluding diaryl/α,β-unsaturated/α-hetero) is 1. The molecular formula is C23H29ClO7. The van der Waals surface area contributed by atoms with Crippen LogP contribution in [0.2, 0.25) is 0 Å². The van der Waals surface area contributed by atoms with E-state index < -0.39 is 40.9 Å². The molecule has 7 atom stereocenters. The number of aliphatic hydroxyl groups excluding tert-OH is 2. The summed E-state index contributed by atoms with van der Waals surface area (Å²) in [5.41, 5.74) is -2.34. The minimum absolute atomic E-state index is 0.0513. The summed E-state index contributed by atoms with van der Waals surface area (Å²) in [5.74, 6) is -1.91. The van der Waals surface area contributed by atoms with E-state index >= 15 is 0 Å². The molecule has 0 spiro atoms. The van der Waals surface area contributed by atoms with Gasteiger partial charge in [-0.3, -0.25) is 14.4 Å². The maximum absolute atomic E-state index is 12.4. The van der Waals surface area contributed by atoms with E-state index in [-0.39, 0.29) is 36.4 Å². The average Bonchev–Trinajstić information content (AvgIpc) is 2.93. The zero-order valence-electron chi connectivity index (χ0n) is 17.8. The smallest absolute Gasteiger partial charge is 0.300 e. The van der Waals surface area contributed by atoms with Crippen LogP contribution in [0.25, 0.3) is 0 Å². The molecule has 0 unspecified atom stereocenters. The van der Waals surface area contributed by atoms with E-state index in [1.807, 2.05) is 26.0 Å². The first kappa shape index (κ1) is 23.9. The molecule has 170 valence electrons. The van der Waals surface area contributed by atoms with Crippen LogP contribution in [-0.2, 0) is 14.4 Å². The molecule has 8 heteroatoms. The van der Waals surface area contributed by atoms with Crippen LogP contribution in [0.5, 0.6) is 0 Å². The Balaban J connectivity index is 0.000000628. The fourth-order valence-electron chi connectivity index (χ4n) is 6.46. The van der Waals surface area contributed by atoms with Gasteiger partial charge in [0.1, 0.15) is 12.2 Å². The quantitative estimate of drug-likeness (QED) is 0.503. The highest BCUT2D eigenvalue weighted by molar-refractivity contribution is 6.32. The number of fused-ring (bicyclic) bond motifs is 5. The highest BCUT2D eigenvalue weighted by Crippen LogP contribution is 2.66. The average molecular weight is 453 g/mol. The molecule has 4 aliphatic carbocycles. The molecule has 0 saturated heterocycles. The van der Waals surface area contributed by atoms with Gasteiger partial charge in [0.15, 0.2) is 11.6 Å². The summed E-state index contributed by atoms with van der Waals surface area (Å²) in [7, 11) is 0. The van der Waals surface area contributed by atoms with Crippen molar-refractivity contribution in [2.45, 2.75) is 51.7 Å². The van der Waals surface area contributed by atoms with Gasteiger partial charge in [-0.05, 0) is 48.8 Å². The summed E-state index contributed by atoms with van der Waals surface area (Å²) >= 11 is 6.57. The summed E-state index contributed by atoms with van der Waals surface area (Å²) in [6.07, 6.45) is 7.16. The van der Waals surface area contributed by atoms with Crippen molar-refractivity contribution < 1.29 is 34.8 Å². The van der Waals surface area contributed by atoms with Gasteiger partial charge < -0.3 is 20.4 Å². The van der Waals surface area contributed by atoms with Gasteiger partial charge in [-0.1, -0.05) is 37.6 Å². The van der Waals surface area contributed by atoms with Gasteiger partial charge in [-0.25, -0.2) is 0 Å². The van der Waals surface area contributed by atoms with Crippen molar-refractivity contribution in [2.75, 3.05) is 6.61 Å². The van der Waals surface area contributed by atoms with Crippen LogP contribution in [0.15, 0.2) is 34.9 Å². The van der Waals surface area contributed by atoms with E-state index in [0.717, 1.165) is 12.5 Å². The van der Waals surface area contributed by atoms with Crippen molar-refractivity contribution in [1.29, 1.82) is 0 Å². The lowest BCUT2D eigenvalue weighted by atomic mass is 9.48. The molecule has 0 aromatic heterocycles. The predicted octanol–water partition coefficient (Wildman–Crippen LogP) is 1.99. The van der Waals surface area contributed by atoms with Crippen LogP contribution in [-0.4, -0.2) is 56.3 Å². The first-order chi connectivity index (χ1) is 14.3. The lowest BCUT2D eigenvalue weighted by Gasteiger charge is -2.58. The summed E-state index contributed by atoms with van der Waals surface area (Å²) in [5, 5.41) is 39.6. The Morgan fingerprint density at radius 1 is 1.29 bits per heavy atom. The summed E-state index contributed by atoms with van der Waals surface area (Å²) < 4.78 is 0. The van der Waals surface area contributed by atoms with Crippen LogP contribution in [0.4, 0.5) is 0 Å². The highest BCUT2D eigenvalue weighted by Gasteiger charge is 2.67. The van der Waals surface area contributed by atoms with Crippen molar-refractivity contribution in [3.8, 4) is 0 Å². The molecule has 0 radical (unpaired) electrons. The largest absolute Gasteiger partial charge is 0.481 e. The number of hydrogen-bond donors (Lipinski definition) is 4. The van der Waals surface area contributed by atoms with Gasteiger partial charge in [0, 0.05) is 28.7 Å². The van der Waals surface area contributed by atoms with Crippen molar-refractivity contribution in [2.24, 2.45) is 28.6 Å². The number of allylic oxidation sites excluding steroid dienone is 6. The molecule has 0 heterocycles. The number of aliphatic hydroxyl groups is 3. The Kier molecular flexibility index (Phi) is 6.12. The third kappa shape index (κ3) is 3.52. The molecule has 4 aliphatic rings. The fourth-order valence-corrected chi connectivity index (χ4v) is 6.86. The molecule has 7 nitrogen and oxygen atoms in total. The third-order valence-electron chi connectivity index (χ3n) is 7.86. The number of carbonyl (C=O) groups is 3. The molecule has 4 N–H and O–H groups in total. The first-order valence-corrected chi connectivity index (χ1v) is 10.8. The van der Waals surface area contributed by atoms with Crippen LogP contribution >= 0.6 is 11.6 Å². The Bertz CT molecular complexity index is 902. The molecule has 2 saturated carbocycles. The minimum atomic E-state index is -1.64. The fraction of sp³-hybridized carbons (Fsp3) is 0.609. The Hall–Kier alpha value is -1.80. The molecule has 0 aliphatic heterocycles. The van der Waals surface area contributed by atoms with Crippen LogP contribution < -0.4 is 0 Å². The van der Waals surface area contributed by atoms with Crippen LogP contribution in [0.1, 0.15) is 40.0 Å². The summed E-state index contributed by atoms with van der Waals surface area (Å²) in [4.78, 5) is 33.2. The minimum Gasteiger partial charge on any atom is -0.481 e. The van der Waals surface area contributed by atoms with Gasteiger partial charge >= 0.3 is 0 Å². The van der Waals surface area contributed by atoms with Crippen molar-refractivity contribution >= 4 is 29.1 Å². The van der Waals surface area contributed by atoms with Crippen molar-refractivity contribution in [3.63, 3.8) is 0 Å². The molecule has 0 bridgehead atoms. The van der Waals surface area contributed by atoms with Gasteiger partial charge in [-0.15, -0.1) is 0 Å². The number of carboxylic acid groups (broad SMARTS) is 1. The lowest BCUT2D eigenvalue weighted by molar-refractivity contribution is -0.172. The monoisotopic (exact) mass is 452 g/mol. The maximum Gasteiger partial charge on any atom is 0.300 e. The summed E-state index contributed by atoms with van der Waals surface area (Å²) in [6.45, 7) is 4.20. The third-order valence-corrected chi connectivity index (χ3v) is 8.19.